The van der Waals surface area contributed by atoms with Crippen LogP contribution in [0.25, 0.3) is 0 Å². The predicted octanol–water partition coefficient (Wildman–Crippen LogP) is 4.96. The molecule has 0 aliphatic rings. The lowest BCUT2D eigenvalue weighted by molar-refractivity contribution is 0.0117. The molecule has 4 heteroatoms. The summed E-state index contributed by atoms with van der Waals surface area (Å²) in [6, 6.07) is 6.36. The summed E-state index contributed by atoms with van der Waals surface area (Å²) < 4.78 is 6.50. The van der Waals surface area contributed by atoms with Gasteiger partial charge in [-0.3, -0.25) is 0 Å². The van der Waals surface area contributed by atoms with Gasteiger partial charge < -0.3 is 10.1 Å². The average Bonchev–Trinajstić information content (AvgIpc) is 2.33. The van der Waals surface area contributed by atoms with Crippen LogP contribution in [-0.2, 0) is 4.74 Å². The van der Waals surface area contributed by atoms with Gasteiger partial charge in [-0.05, 0) is 57.0 Å². The molecule has 0 saturated carbocycles. The van der Waals surface area contributed by atoms with E-state index in [1.807, 2.05) is 12.1 Å². The van der Waals surface area contributed by atoms with Gasteiger partial charge in [0.1, 0.15) is 0 Å². The van der Waals surface area contributed by atoms with Gasteiger partial charge in [-0.25, -0.2) is 0 Å². The summed E-state index contributed by atoms with van der Waals surface area (Å²) in [6.07, 6.45) is 2.01. The first-order chi connectivity index (χ1) is 8.88. The van der Waals surface area contributed by atoms with E-state index in [-0.39, 0.29) is 5.60 Å². The van der Waals surface area contributed by atoms with Gasteiger partial charge in [-0.1, -0.05) is 34.5 Å². The molecule has 0 spiro atoms. The Morgan fingerprint density at radius 1 is 1.37 bits per heavy atom. The van der Waals surface area contributed by atoms with E-state index in [1.54, 1.807) is 7.11 Å². The highest BCUT2D eigenvalue weighted by Crippen LogP contribution is 2.28. The summed E-state index contributed by atoms with van der Waals surface area (Å²) in [6.45, 7) is 7.28. The van der Waals surface area contributed by atoms with Gasteiger partial charge in [0.25, 0.3) is 0 Å². The molecule has 0 saturated heterocycles. The number of methoxy groups -OCH3 is 1. The Labute approximate surface area is 130 Å². The maximum atomic E-state index is 6.13. The molecule has 0 bridgehead atoms. The van der Waals surface area contributed by atoms with Crippen LogP contribution < -0.4 is 5.32 Å². The Hall–Kier alpha value is -0.0900. The van der Waals surface area contributed by atoms with Gasteiger partial charge in [0.15, 0.2) is 0 Å². The third kappa shape index (κ3) is 5.82. The van der Waals surface area contributed by atoms with Crippen LogP contribution in [0, 0.1) is 0 Å². The molecule has 1 aromatic carbocycles. The highest BCUT2D eigenvalue weighted by Gasteiger charge is 2.20. The van der Waals surface area contributed by atoms with Crippen molar-refractivity contribution >= 4 is 27.5 Å². The van der Waals surface area contributed by atoms with E-state index in [9.17, 15) is 0 Å². The number of hydrogen-bond acceptors (Lipinski definition) is 2. The molecule has 0 radical (unpaired) electrons. The Balaban J connectivity index is 2.82. The molecule has 1 atom stereocenters. The van der Waals surface area contributed by atoms with Crippen molar-refractivity contribution in [2.45, 2.75) is 45.3 Å². The first kappa shape index (κ1) is 17.0. The van der Waals surface area contributed by atoms with Crippen molar-refractivity contribution in [3.05, 3.63) is 33.3 Å². The van der Waals surface area contributed by atoms with Crippen LogP contribution in [0.4, 0.5) is 0 Å². The van der Waals surface area contributed by atoms with Crippen LogP contribution in [0.1, 0.15) is 45.2 Å². The molecule has 0 aliphatic heterocycles. The highest BCUT2D eigenvalue weighted by molar-refractivity contribution is 9.10. The molecular formula is C15H23BrClNO. The Morgan fingerprint density at radius 3 is 2.58 bits per heavy atom. The summed E-state index contributed by atoms with van der Waals surface area (Å²) in [4.78, 5) is 0. The van der Waals surface area contributed by atoms with Crippen molar-refractivity contribution in [2.24, 2.45) is 0 Å². The van der Waals surface area contributed by atoms with Gasteiger partial charge in [-0.15, -0.1) is 0 Å². The Kier molecular flexibility index (Phi) is 6.81. The SMILES string of the molecule is CCNC(CCC(C)(C)OC)c1cc(Cl)cc(Br)c1. The topological polar surface area (TPSA) is 21.3 Å². The van der Waals surface area contributed by atoms with E-state index in [1.165, 1.54) is 5.56 Å². The van der Waals surface area contributed by atoms with Crippen molar-refractivity contribution in [3.8, 4) is 0 Å². The number of benzene rings is 1. The molecule has 108 valence electrons. The zero-order valence-corrected chi connectivity index (χ0v) is 14.4. The van der Waals surface area contributed by atoms with Crippen molar-refractivity contribution in [1.29, 1.82) is 0 Å². The fourth-order valence-corrected chi connectivity index (χ4v) is 2.89. The molecule has 0 heterocycles. The Bertz CT molecular complexity index is 389. The third-order valence-corrected chi connectivity index (χ3v) is 4.00. The standard InChI is InChI=1S/C15H23BrClNO/c1-5-18-14(6-7-15(2,3)19-4)11-8-12(16)10-13(17)9-11/h8-10,14,18H,5-7H2,1-4H3. The average molecular weight is 349 g/mol. The van der Waals surface area contributed by atoms with Crippen LogP contribution in [0.3, 0.4) is 0 Å². The maximum absolute atomic E-state index is 6.13. The summed E-state index contributed by atoms with van der Waals surface area (Å²) in [5.41, 5.74) is 1.12. The lowest BCUT2D eigenvalue weighted by Gasteiger charge is -2.26. The maximum Gasteiger partial charge on any atom is 0.0623 e. The van der Waals surface area contributed by atoms with E-state index in [2.05, 4.69) is 48.1 Å². The molecule has 2 nitrogen and oxygen atoms in total. The Morgan fingerprint density at radius 2 is 2.05 bits per heavy atom. The van der Waals surface area contributed by atoms with Gasteiger partial charge >= 0.3 is 0 Å². The fraction of sp³-hybridized carbons (Fsp3) is 0.600. The van der Waals surface area contributed by atoms with Gasteiger partial charge in [0.05, 0.1) is 5.60 Å². The zero-order valence-electron chi connectivity index (χ0n) is 12.1. The van der Waals surface area contributed by atoms with E-state index in [4.69, 9.17) is 16.3 Å². The van der Waals surface area contributed by atoms with Crippen LogP contribution >= 0.6 is 27.5 Å². The molecular weight excluding hydrogens is 326 g/mol. The van der Waals surface area contributed by atoms with Crippen LogP contribution in [0.5, 0.6) is 0 Å². The minimum Gasteiger partial charge on any atom is -0.379 e. The van der Waals surface area contributed by atoms with Gasteiger partial charge in [0.2, 0.25) is 0 Å². The van der Waals surface area contributed by atoms with E-state index < -0.39 is 0 Å². The van der Waals surface area contributed by atoms with E-state index in [0.717, 1.165) is 28.9 Å². The molecule has 0 aliphatic carbocycles. The van der Waals surface area contributed by atoms with Crippen LogP contribution in [-0.4, -0.2) is 19.3 Å². The molecule has 0 fully saturated rings. The summed E-state index contributed by atoms with van der Waals surface area (Å²) >= 11 is 9.63. The molecule has 1 N–H and O–H groups in total. The minimum absolute atomic E-state index is 0.0938. The largest absolute Gasteiger partial charge is 0.379 e. The molecule has 1 unspecified atom stereocenters. The van der Waals surface area contributed by atoms with Gasteiger partial charge in [0, 0.05) is 22.6 Å². The normalized spacial score (nSPS) is 13.6. The zero-order chi connectivity index (χ0) is 14.5. The lowest BCUT2D eigenvalue weighted by Crippen LogP contribution is -2.27. The highest BCUT2D eigenvalue weighted by atomic mass is 79.9. The number of nitrogens with one attached hydrogen (secondary N) is 1. The van der Waals surface area contributed by atoms with Crippen molar-refractivity contribution in [1.82, 2.24) is 5.32 Å². The quantitative estimate of drug-likeness (QED) is 0.752. The van der Waals surface area contributed by atoms with Crippen LogP contribution in [0.2, 0.25) is 5.02 Å². The van der Waals surface area contributed by atoms with Crippen molar-refractivity contribution < 1.29 is 4.74 Å². The van der Waals surface area contributed by atoms with Gasteiger partial charge in [-0.2, -0.15) is 0 Å². The second-order valence-corrected chi connectivity index (χ2v) is 6.67. The molecule has 0 aromatic heterocycles. The number of ether oxygens (including phenoxy) is 1. The van der Waals surface area contributed by atoms with Crippen molar-refractivity contribution in [3.63, 3.8) is 0 Å². The molecule has 1 aromatic rings. The molecule has 0 amide bonds. The number of rotatable bonds is 7. The second-order valence-electron chi connectivity index (χ2n) is 5.32. The lowest BCUT2D eigenvalue weighted by atomic mass is 9.95. The third-order valence-electron chi connectivity index (χ3n) is 3.33. The first-order valence-corrected chi connectivity index (χ1v) is 7.79. The fourth-order valence-electron chi connectivity index (χ4n) is 2.00. The summed E-state index contributed by atoms with van der Waals surface area (Å²) in [5, 5.41) is 4.28. The number of hydrogen-bond donors (Lipinski definition) is 1. The monoisotopic (exact) mass is 347 g/mol. The second kappa shape index (κ2) is 7.63. The van der Waals surface area contributed by atoms with Crippen LogP contribution in [0.15, 0.2) is 22.7 Å². The molecule has 19 heavy (non-hydrogen) atoms. The van der Waals surface area contributed by atoms with E-state index >= 15 is 0 Å². The minimum atomic E-state index is -0.0938. The molecule has 1 rings (SSSR count). The first-order valence-electron chi connectivity index (χ1n) is 6.62. The van der Waals surface area contributed by atoms with Crippen molar-refractivity contribution in [2.75, 3.05) is 13.7 Å². The predicted molar refractivity (Wildman–Crippen MR) is 85.9 cm³/mol. The smallest absolute Gasteiger partial charge is 0.0623 e. The summed E-state index contributed by atoms with van der Waals surface area (Å²) in [5.74, 6) is 0. The summed E-state index contributed by atoms with van der Waals surface area (Å²) in [7, 11) is 1.76. The number of halogens is 2. The van der Waals surface area contributed by atoms with E-state index in [0.29, 0.717) is 6.04 Å².